The van der Waals surface area contributed by atoms with Gasteiger partial charge in [-0.2, -0.15) is 8.42 Å². The van der Waals surface area contributed by atoms with Gasteiger partial charge in [-0.15, -0.1) is 22.7 Å². The Morgan fingerprint density at radius 2 is 0.793 bits per heavy atom. The predicted octanol–water partition coefficient (Wildman–Crippen LogP) is 5.87. The smallest absolute Gasteiger partial charge is 0.330 e. The van der Waals surface area contributed by atoms with Crippen LogP contribution in [0.25, 0.3) is 40.3 Å². The van der Waals surface area contributed by atoms with E-state index >= 15 is 0 Å². The van der Waals surface area contributed by atoms with E-state index in [0.29, 0.717) is 52.9 Å². The second-order valence-electron chi connectivity index (χ2n) is 23.8. The van der Waals surface area contributed by atoms with E-state index in [1.807, 2.05) is 30.3 Å². The summed E-state index contributed by atoms with van der Waals surface area (Å²) >= 11 is 2.97. The second-order valence-corrected chi connectivity index (χ2v) is 27.4. The zero-order chi connectivity index (χ0) is 85.0. The van der Waals surface area contributed by atoms with Gasteiger partial charge >= 0.3 is 23.9 Å². The Hall–Kier alpha value is -9.88. The number of rotatable bonds is 53. The van der Waals surface area contributed by atoms with Gasteiger partial charge in [0.15, 0.2) is 42.9 Å². The first-order valence-corrected chi connectivity index (χ1v) is 38.8. The molecule has 34 nitrogen and oxygen atoms in total. The van der Waals surface area contributed by atoms with Gasteiger partial charge in [-0.25, -0.2) is 19.2 Å². The van der Waals surface area contributed by atoms with Crippen LogP contribution >= 0.6 is 22.7 Å². The Balaban J connectivity index is 0.000000451. The summed E-state index contributed by atoms with van der Waals surface area (Å²) in [5.41, 5.74) is -3.17. The Bertz CT molecular complexity index is 4350. The van der Waals surface area contributed by atoms with Crippen molar-refractivity contribution in [3.05, 3.63) is 193 Å². The minimum atomic E-state index is -4.07. The number of carbonyl (C=O) groups is 6. The number of aliphatic hydroxyl groups excluding tert-OH is 3. The van der Waals surface area contributed by atoms with Crippen molar-refractivity contribution < 1.29 is 138 Å². The SMILES string of the molecule is C=CC(=O)OCCOCCOC(C)OCC(COC(C)OCCOCCOC(=O)C=C)(COC(C)OCCOCCOC(=O)C=C)NC(=O)COc1ccc2sc3ccccc3c(=O)c2c1.C=COCCOCCOC(=O)C=C.O=C(COc1ccc2sc3ccccc3c(=O)c2c1)NC(CO)(CO)CO.O=S(=O)(O)c1cccnc1. The standard InChI is InChI=1S/C46H61NO18S.C19H19NO6S.C9H14O4.C5H5NO3S/c1-7-42(49)59-25-19-53-16-22-56-33(4)63-30-46(31-64-34(5)57-23-17-54-20-26-60-43(50)8-2,32-65-35(6)58-24-18-55-21-27-61-44(51)9-3)47-41(48)29-62-36-14-15-40-38(28-36)45(52)37-12-10-11-13-39(37)66-40;21-9-19(10-22,11-23)20-17(24)8-26-12-5-6-16-14(7-12)18(25)13-3-1-2-4-15(13)27-16;1-3-9(10)13-8-7-12-6-5-11-4-2;7-10(8,9)5-2-1-3-6-4-5/h7-15,28,33-35H,1-3,16-27,29-32H2,4-6H3,(H,47,48);1-7,21-23H,8-11H2,(H,20,24);3-4H,1-2,5-8H2;1-4H,(H,7,8,9). The zero-order valence-electron chi connectivity index (χ0n) is 64.5. The summed E-state index contributed by atoms with van der Waals surface area (Å²) in [5, 5.41) is 35.2. The lowest BCUT2D eigenvalue weighted by Gasteiger charge is -2.36. The number of nitrogens with one attached hydrogen (secondary N) is 2. The molecule has 3 aromatic heterocycles. The average molecular weight is 1680 g/mol. The summed E-state index contributed by atoms with van der Waals surface area (Å²) in [5.74, 6) is -2.65. The van der Waals surface area contributed by atoms with E-state index in [2.05, 4.69) is 53.2 Å². The highest BCUT2D eigenvalue weighted by atomic mass is 32.2. The van der Waals surface area contributed by atoms with Gasteiger partial charge in [0.05, 0.1) is 119 Å². The fourth-order valence-electron chi connectivity index (χ4n) is 9.14. The summed E-state index contributed by atoms with van der Waals surface area (Å²) in [7, 11) is -4.07. The van der Waals surface area contributed by atoms with E-state index in [1.54, 1.807) is 75.4 Å². The molecule has 0 aliphatic carbocycles. The van der Waals surface area contributed by atoms with Crippen molar-refractivity contribution >= 4 is 109 Å². The van der Waals surface area contributed by atoms with Crippen molar-refractivity contribution in [2.45, 2.75) is 55.6 Å². The average Bonchev–Trinajstić information content (AvgIpc) is 0.784. The summed E-state index contributed by atoms with van der Waals surface area (Å²) < 4.78 is 125. The lowest BCUT2D eigenvalue weighted by molar-refractivity contribution is -0.202. The number of fused-ring (bicyclic) bond motifs is 4. The van der Waals surface area contributed by atoms with E-state index in [0.717, 1.165) is 49.3 Å². The second kappa shape index (κ2) is 55.6. The summed E-state index contributed by atoms with van der Waals surface area (Å²) in [6.45, 7) is 21.3. The molecule has 0 saturated carbocycles. The first kappa shape index (κ1) is 98.5. The first-order valence-electron chi connectivity index (χ1n) is 35.7. The maximum Gasteiger partial charge on any atom is 0.330 e. The van der Waals surface area contributed by atoms with Gasteiger partial charge in [0.1, 0.15) is 60.5 Å². The molecule has 0 fully saturated rings. The lowest BCUT2D eigenvalue weighted by Crippen LogP contribution is -2.60. The normalized spacial score (nSPS) is 12.4. The van der Waals surface area contributed by atoms with E-state index in [-0.39, 0.29) is 121 Å². The van der Waals surface area contributed by atoms with E-state index in [1.165, 1.54) is 47.3 Å². The molecule has 0 aliphatic heterocycles. The van der Waals surface area contributed by atoms with Crippen molar-refractivity contribution in [2.75, 3.05) is 159 Å². The molecule has 0 spiro atoms. The van der Waals surface area contributed by atoms with Crippen LogP contribution in [0, 0.1) is 0 Å². The molecule has 7 aromatic rings. The highest BCUT2D eigenvalue weighted by Gasteiger charge is 2.37. The molecule has 116 heavy (non-hydrogen) atoms. The van der Waals surface area contributed by atoms with Crippen LogP contribution in [0.5, 0.6) is 11.5 Å². The van der Waals surface area contributed by atoms with Gasteiger partial charge in [0, 0.05) is 77.0 Å². The third-order valence-electron chi connectivity index (χ3n) is 15.0. The van der Waals surface area contributed by atoms with Crippen LogP contribution < -0.4 is 31.0 Å². The number of ether oxygens (including phenoxy) is 17. The molecule has 37 heteroatoms. The minimum Gasteiger partial charge on any atom is -0.499 e. The highest BCUT2D eigenvalue weighted by Crippen LogP contribution is 2.29. The molecule has 2 amide bonds. The van der Waals surface area contributed by atoms with Crippen molar-refractivity contribution in [3.8, 4) is 11.5 Å². The molecule has 0 bridgehead atoms. The number of pyridine rings is 1. The number of benzene rings is 4. The number of amides is 2. The van der Waals surface area contributed by atoms with Gasteiger partial charge in [-0.1, -0.05) is 57.2 Å². The predicted molar refractivity (Wildman–Crippen MR) is 427 cm³/mol. The molecule has 3 unspecified atom stereocenters. The van der Waals surface area contributed by atoms with Crippen LogP contribution in [-0.4, -0.2) is 257 Å². The van der Waals surface area contributed by atoms with Crippen molar-refractivity contribution in [3.63, 3.8) is 0 Å². The Labute approximate surface area is 677 Å². The molecule has 7 rings (SSSR count). The topological polar surface area (TPSA) is 445 Å². The molecule has 0 aliphatic rings. The van der Waals surface area contributed by atoms with Crippen molar-refractivity contribution in [2.24, 2.45) is 0 Å². The molecular weight excluding hydrogens is 1580 g/mol. The van der Waals surface area contributed by atoms with Gasteiger partial charge in [0.25, 0.3) is 21.9 Å². The summed E-state index contributed by atoms with van der Waals surface area (Å²) in [6, 6.07) is 27.5. The zero-order valence-corrected chi connectivity index (χ0v) is 67.0. The fraction of sp³-hybridized carbons (Fsp3) is 0.405. The third kappa shape index (κ3) is 38.3. The van der Waals surface area contributed by atoms with Crippen LogP contribution in [0.3, 0.4) is 0 Å². The Morgan fingerprint density at radius 1 is 0.448 bits per heavy atom. The fourth-order valence-corrected chi connectivity index (χ4v) is 11.7. The molecule has 6 N–H and O–H groups in total. The summed E-state index contributed by atoms with van der Waals surface area (Å²) in [6.07, 6.45) is 5.69. The van der Waals surface area contributed by atoms with Gasteiger partial charge in [-0.3, -0.25) is 28.7 Å². The Morgan fingerprint density at radius 3 is 1.12 bits per heavy atom. The number of hydrogen-bond donors (Lipinski definition) is 6. The number of hydrogen-bond acceptors (Lipinski definition) is 33. The summed E-state index contributed by atoms with van der Waals surface area (Å²) in [4.78, 5) is 99.4. The van der Waals surface area contributed by atoms with Crippen LogP contribution in [0.2, 0.25) is 0 Å². The van der Waals surface area contributed by atoms with Crippen molar-refractivity contribution in [1.82, 2.24) is 15.6 Å². The number of aliphatic hydroxyl groups is 3. The molecule has 3 heterocycles. The first-order chi connectivity index (χ1) is 55.8. The lowest BCUT2D eigenvalue weighted by atomic mass is 10.0. The number of nitrogens with zero attached hydrogens (tertiary/aromatic N) is 1. The van der Waals surface area contributed by atoms with Gasteiger partial charge in [0.2, 0.25) is 0 Å². The molecular formula is C79H99N3O31S3. The monoisotopic (exact) mass is 1680 g/mol. The molecule has 634 valence electrons. The maximum atomic E-state index is 13.8. The van der Waals surface area contributed by atoms with Crippen LogP contribution in [0.1, 0.15) is 20.8 Å². The number of aromatic nitrogens is 1. The largest absolute Gasteiger partial charge is 0.499 e. The Kier molecular flexibility index (Phi) is 47.2. The minimum absolute atomic E-state index is 0.0474. The highest BCUT2D eigenvalue weighted by molar-refractivity contribution is 7.85. The quantitative estimate of drug-likeness (QED) is 0.00379. The van der Waals surface area contributed by atoms with Crippen LogP contribution in [0.4, 0.5) is 0 Å². The molecule has 0 radical (unpaired) electrons. The van der Waals surface area contributed by atoms with Gasteiger partial charge in [-0.05, 0) is 93.6 Å². The maximum absolute atomic E-state index is 13.8. The van der Waals surface area contributed by atoms with E-state index < -0.39 is 109 Å². The third-order valence-corrected chi connectivity index (χ3v) is 18.2. The van der Waals surface area contributed by atoms with Gasteiger partial charge < -0.3 is 106 Å². The van der Waals surface area contributed by atoms with Crippen LogP contribution in [-0.2, 0) is 110 Å². The van der Waals surface area contributed by atoms with Crippen LogP contribution in [0.15, 0.2) is 187 Å². The molecule has 4 aromatic carbocycles. The molecule has 0 saturated heterocycles. The van der Waals surface area contributed by atoms with E-state index in [9.17, 15) is 62.1 Å². The number of esters is 4. The number of carbonyl (C=O) groups excluding carboxylic acids is 6. The molecule has 3 atom stereocenters. The van der Waals surface area contributed by atoms with E-state index in [4.69, 9.17) is 80.3 Å². The van der Waals surface area contributed by atoms with Crippen molar-refractivity contribution in [1.29, 1.82) is 0 Å².